The Bertz CT molecular complexity index is 542. The number of nitro groups is 1. The summed E-state index contributed by atoms with van der Waals surface area (Å²) in [6.07, 6.45) is 1.85. The number of carbonyl (C=O) groups excluding carboxylic acids is 1. The number of rotatable bonds is 3. The molecule has 0 saturated carbocycles. The van der Waals surface area contributed by atoms with Crippen LogP contribution in [0.2, 0.25) is 0 Å². The number of benzene rings is 1. The maximum Gasteiger partial charge on any atom is 0.311 e. The van der Waals surface area contributed by atoms with Gasteiger partial charge in [0, 0.05) is 18.7 Å². The third kappa shape index (κ3) is 2.45. The predicted octanol–water partition coefficient (Wildman–Crippen LogP) is 2.56. The van der Waals surface area contributed by atoms with Crippen LogP contribution in [0.1, 0.15) is 37.0 Å². The van der Waals surface area contributed by atoms with Crippen molar-refractivity contribution >= 4 is 11.6 Å². The Morgan fingerprint density at radius 2 is 2.20 bits per heavy atom. The van der Waals surface area contributed by atoms with Gasteiger partial charge in [0.25, 0.3) is 5.91 Å². The standard InChI is InChI=1S/C14H18N2O4/c1-9(2)11-7-4-8-15(11)14(18)10-5-3-6-12(13(10)17)16(19)20/h3,5-6,9,11,17H,4,7-8H2,1-2H3. The van der Waals surface area contributed by atoms with E-state index in [4.69, 9.17) is 0 Å². The fraction of sp³-hybridized carbons (Fsp3) is 0.500. The Balaban J connectivity index is 2.34. The van der Waals surface area contributed by atoms with E-state index in [1.165, 1.54) is 18.2 Å². The highest BCUT2D eigenvalue weighted by Gasteiger charge is 2.33. The number of aromatic hydroxyl groups is 1. The van der Waals surface area contributed by atoms with Gasteiger partial charge in [0.15, 0.2) is 0 Å². The first-order valence-corrected chi connectivity index (χ1v) is 6.70. The molecule has 0 radical (unpaired) electrons. The second-order valence-corrected chi connectivity index (χ2v) is 5.38. The van der Waals surface area contributed by atoms with Gasteiger partial charge in [-0.3, -0.25) is 14.9 Å². The van der Waals surface area contributed by atoms with Gasteiger partial charge < -0.3 is 10.0 Å². The molecule has 1 amide bonds. The molecule has 1 unspecified atom stereocenters. The quantitative estimate of drug-likeness (QED) is 0.680. The zero-order chi connectivity index (χ0) is 14.9. The van der Waals surface area contributed by atoms with Gasteiger partial charge in [0.1, 0.15) is 0 Å². The van der Waals surface area contributed by atoms with E-state index in [9.17, 15) is 20.0 Å². The van der Waals surface area contributed by atoms with Crippen LogP contribution in [0.4, 0.5) is 5.69 Å². The topological polar surface area (TPSA) is 83.7 Å². The minimum absolute atomic E-state index is 0.00625. The number of nitro benzene ring substituents is 1. The fourth-order valence-electron chi connectivity index (χ4n) is 2.74. The molecule has 1 aromatic carbocycles. The summed E-state index contributed by atoms with van der Waals surface area (Å²) in [5.41, 5.74) is -0.428. The molecule has 1 fully saturated rings. The molecule has 0 aromatic heterocycles. The van der Waals surface area contributed by atoms with Crippen LogP contribution >= 0.6 is 0 Å². The van der Waals surface area contributed by atoms with Crippen molar-refractivity contribution < 1.29 is 14.8 Å². The lowest BCUT2D eigenvalue weighted by atomic mass is 10.0. The summed E-state index contributed by atoms with van der Waals surface area (Å²) in [5, 5.41) is 20.7. The number of likely N-dealkylation sites (tertiary alicyclic amines) is 1. The molecule has 1 aliphatic heterocycles. The minimum Gasteiger partial charge on any atom is -0.502 e. The average Bonchev–Trinajstić information content (AvgIpc) is 2.87. The second-order valence-electron chi connectivity index (χ2n) is 5.38. The Morgan fingerprint density at radius 1 is 1.50 bits per heavy atom. The molecule has 108 valence electrons. The van der Waals surface area contributed by atoms with Gasteiger partial charge in [0.05, 0.1) is 10.5 Å². The first-order chi connectivity index (χ1) is 9.43. The van der Waals surface area contributed by atoms with Crippen LogP contribution in [-0.2, 0) is 0 Å². The van der Waals surface area contributed by atoms with E-state index in [2.05, 4.69) is 0 Å². The van der Waals surface area contributed by atoms with E-state index in [-0.39, 0.29) is 17.5 Å². The molecule has 1 saturated heterocycles. The van der Waals surface area contributed by atoms with Crippen LogP contribution < -0.4 is 0 Å². The van der Waals surface area contributed by atoms with Crippen LogP contribution in [0.5, 0.6) is 5.75 Å². The molecule has 2 rings (SSSR count). The van der Waals surface area contributed by atoms with Crippen molar-refractivity contribution in [3.63, 3.8) is 0 Å². The number of amides is 1. The Hall–Kier alpha value is -2.11. The summed E-state index contributed by atoms with van der Waals surface area (Å²) in [7, 11) is 0. The molecule has 6 heteroatoms. The van der Waals surface area contributed by atoms with Crippen LogP contribution in [0, 0.1) is 16.0 Å². The smallest absolute Gasteiger partial charge is 0.311 e. The highest BCUT2D eigenvalue weighted by atomic mass is 16.6. The highest BCUT2D eigenvalue weighted by molar-refractivity contribution is 5.98. The summed E-state index contributed by atoms with van der Waals surface area (Å²) in [6.45, 7) is 4.72. The fourth-order valence-corrected chi connectivity index (χ4v) is 2.74. The highest BCUT2D eigenvalue weighted by Crippen LogP contribution is 2.33. The van der Waals surface area contributed by atoms with Crippen molar-refractivity contribution in [2.45, 2.75) is 32.7 Å². The number of hydrogen-bond acceptors (Lipinski definition) is 4. The molecule has 0 bridgehead atoms. The van der Waals surface area contributed by atoms with Gasteiger partial charge >= 0.3 is 5.69 Å². The molecular formula is C14H18N2O4. The van der Waals surface area contributed by atoms with Crippen molar-refractivity contribution in [2.24, 2.45) is 5.92 Å². The molecule has 1 aromatic rings. The van der Waals surface area contributed by atoms with Crippen LogP contribution in [0.15, 0.2) is 18.2 Å². The van der Waals surface area contributed by atoms with Crippen molar-refractivity contribution in [2.75, 3.05) is 6.54 Å². The summed E-state index contributed by atoms with van der Waals surface area (Å²) in [6, 6.07) is 4.17. The average molecular weight is 278 g/mol. The largest absolute Gasteiger partial charge is 0.502 e. The van der Waals surface area contributed by atoms with E-state index in [1.807, 2.05) is 13.8 Å². The Kier molecular flexibility index (Phi) is 3.92. The third-order valence-electron chi connectivity index (χ3n) is 3.77. The zero-order valence-electron chi connectivity index (χ0n) is 11.6. The molecular weight excluding hydrogens is 260 g/mol. The van der Waals surface area contributed by atoms with E-state index < -0.39 is 16.4 Å². The molecule has 0 spiro atoms. The van der Waals surface area contributed by atoms with Gasteiger partial charge in [-0.1, -0.05) is 19.9 Å². The predicted molar refractivity (Wildman–Crippen MR) is 73.7 cm³/mol. The van der Waals surface area contributed by atoms with Gasteiger partial charge in [-0.25, -0.2) is 0 Å². The van der Waals surface area contributed by atoms with Crippen molar-refractivity contribution in [1.82, 2.24) is 4.90 Å². The third-order valence-corrected chi connectivity index (χ3v) is 3.77. The van der Waals surface area contributed by atoms with Gasteiger partial charge in [-0.15, -0.1) is 0 Å². The van der Waals surface area contributed by atoms with E-state index in [0.29, 0.717) is 12.5 Å². The van der Waals surface area contributed by atoms with E-state index in [0.717, 1.165) is 12.8 Å². The number of nitrogens with zero attached hydrogens (tertiary/aromatic N) is 2. The van der Waals surface area contributed by atoms with E-state index in [1.54, 1.807) is 4.90 Å². The summed E-state index contributed by atoms with van der Waals surface area (Å²) in [4.78, 5) is 24.3. The molecule has 1 aliphatic rings. The summed E-state index contributed by atoms with van der Waals surface area (Å²) in [5.74, 6) is -0.554. The number of carbonyl (C=O) groups is 1. The van der Waals surface area contributed by atoms with Crippen molar-refractivity contribution in [1.29, 1.82) is 0 Å². The van der Waals surface area contributed by atoms with Gasteiger partial charge in [-0.05, 0) is 24.8 Å². The zero-order valence-corrected chi connectivity index (χ0v) is 11.6. The van der Waals surface area contributed by atoms with Crippen molar-refractivity contribution in [3.8, 4) is 5.75 Å². The number of phenolic OH excluding ortho intramolecular Hbond substituents is 1. The lowest BCUT2D eigenvalue weighted by molar-refractivity contribution is -0.385. The molecule has 1 atom stereocenters. The lowest BCUT2D eigenvalue weighted by Gasteiger charge is -2.27. The minimum atomic E-state index is -0.685. The molecule has 1 heterocycles. The maximum absolute atomic E-state index is 12.5. The molecule has 0 aliphatic carbocycles. The number of para-hydroxylation sites is 1. The SMILES string of the molecule is CC(C)C1CCCN1C(=O)c1cccc([N+](=O)[O-])c1O. The summed E-state index contributed by atoms with van der Waals surface area (Å²) >= 11 is 0. The normalized spacial score (nSPS) is 18.6. The Morgan fingerprint density at radius 3 is 2.80 bits per heavy atom. The van der Waals surface area contributed by atoms with Gasteiger partial charge in [0.2, 0.25) is 5.75 Å². The number of phenols is 1. The van der Waals surface area contributed by atoms with Crippen LogP contribution in [0.3, 0.4) is 0 Å². The second kappa shape index (κ2) is 5.48. The lowest BCUT2D eigenvalue weighted by Crippen LogP contribution is -2.38. The number of hydrogen-bond donors (Lipinski definition) is 1. The molecule has 20 heavy (non-hydrogen) atoms. The molecule has 1 N–H and O–H groups in total. The first kappa shape index (κ1) is 14.3. The monoisotopic (exact) mass is 278 g/mol. The molecule has 6 nitrogen and oxygen atoms in total. The Labute approximate surface area is 117 Å². The van der Waals surface area contributed by atoms with Crippen molar-refractivity contribution in [3.05, 3.63) is 33.9 Å². The van der Waals surface area contributed by atoms with Crippen LogP contribution in [0.25, 0.3) is 0 Å². The van der Waals surface area contributed by atoms with Gasteiger partial charge in [-0.2, -0.15) is 0 Å². The first-order valence-electron chi connectivity index (χ1n) is 6.70. The summed E-state index contributed by atoms with van der Waals surface area (Å²) < 4.78 is 0. The maximum atomic E-state index is 12.5. The van der Waals surface area contributed by atoms with Crippen LogP contribution in [-0.4, -0.2) is 33.4 Å². The van der Waals surface area contributed by atoms with E-state index >= 15 is 0 Å².